The maximum atomic E-state index is 12.4. The molecule has 5 nitrogen and oxygen atoms in total. The van der Waals surface area contributed by atoms with Crippen LogP contribution < -0.4 is 5.73 Å². The average molecular weight is 372 g/mol. The van der Waals surface area contributed by atoms with Gasteiger partial charge >= 0.3 is 0 Å². The lowest BCUT2D eigenvalue weighted by Gasteiger charge is -2.35. The van der Waals surface area contributed by atoms with Gasteiger partial charge < -0.3 is 15.5 Å². The number of aryl methyl sites for hydroxylation is 1. The van der Waals surface area contributed by atoms with E-state index in [1.807, 2.05) is 28.9 Å². The first kappa shape index (κ1) is 19.2. The SMILES string of the molecule is Cc1ccc(C(=O)N2CCN(C(=O)C[C@@H]3CCC[C@H]3N)CC2)s1.Cl. The van der Waals surface area contributed by atoms with Crippen molar-refractivity contribution in [2.75, 3.05) is 26.2 Å². The minimum absolute atomic E-state index is 0. The van der Waals surface area contributed by atoms with E-state index in [0.29, 0.717) is 38.5 Å². The van der Waals surface area contributed by atoms with E-state index in [2.05, 4.69) is 0 Å². The maximum Gasteiger partial charge on any atom is 0.264 e. The second kappa shape index (κ2) is 8.32. The molecular formula is C17H26ClN3O2S. The summed E-state index contributed by atoms with van der Waals surface area (Å²) in [5.41, 5.74) is 6.06. The number of hydrogen-bond acceptors (Lipinski definition) is 4. The number of piperazine rings is 1. The first-order valence-electron chi connectivity index (χ1n) is 8.43. The van der Waals surface area contributed by atoms with Gasteiger partial charge in [0.2, 0.25) is 5.91 Å². The van der Waals surface area contributed by atoms with Crippen LogP contribution in [0.5, 0.6) is 0 Å². The Morgan fingerprint density at radius 3 is 2.38 bits per heavy atom. The molecule has 2 aliphatic rings. The third-order valence-corrected chi connectivity index (χ3v) is 6.01. The number of amides is 2. The lowest BCUT2D eigenvalue weighted by atomic mass is 9.99. The van der Waals surface area contributed by atoms with Crippen molar-refractivity contribution in [1.29, 1.82) is 0 Å². The predicted molar refractivity (Wildman–Crippen MR) is 98.7 cm³/mol. The Labute approximate surface area is 153 Å². The summed E-state index contributed by atoms with van der Waals surface area (Å²) in [6.07, 6.45) is 3.82. The van der Waals surface area contributed by atoms with Crippen molar-refractivity contribution >= 4 is 35.6 Å². The molecule has 0 unspecified atom stereocenters. The summed E-state index contributed by atoms with van der Waals surface area (Å²) in [4.78, 5) is 30.5. The fourth-order valence-electron chi connectivity index (χ4n) is 3.54. The molecular weight excluding hydrogens is 346 g/mol. The predicted octanol–water partition coefficient (Wildman–Crippen LogP) is 2.28. The van der Waals surface area contributed by atoms with Gasteiger partial charge in [0.25, 0.3) is 5.91 Å². The topological polar surface area (TPSA) is 66.6 Å². The van der Waals surface area contributed by atoms with Crippen molar-refractivity contribution in [2.24, 2.45) is 11.7 Å². The summed E-state index contributed by atoms with van der Waals surface area (Å²) >= 11 is 1.53. The van der Waals surface area contributed by atoms with Crippen LogP contribution >= 0.6 is 23.7 Å². The fourth-order valence-corrected chi connectivity index (χ4v) is 4.37. The van der Waals surface area contributed by atoms with Gasteiger partial charge in [0.1, 0.15) is 0 Å². The van der Waals surface area contributed by atoms with E-state index in [0.717, 1.165) is 29.0 Å². The number of thiophene rings is 1. The first-order chi connectivity index (χ1) is 11.0. The smallest absolute Gasteiger partial charge is 0.264 e. The van der Waals surface area contributed by atoms with Gasteiger partial charge in [-0.15, -0.1) is 23.7 Å². The summed E-state index contributed by atoms with van der Waals surface area (Å²) in [7, 11) is 0. The molecule has 2 atom stereocenters. The summed E-state index contributed by atoms with van der Waals surface area (Å²) in [6.45, 7) is 4.52. The first-order valence-corrected chi connectivity index (χ1v) is 9.25. The van der Waals surface area contributed by atoms with Crippen LogP contribution in [0, 0.1) is 12.8 Å². The van der Waals surface area contributed by atoms with E-state index in [9.17, 15) is 9.59 Å². The number of halogens is 1. The van der Waals surface area contributed by atoms with Crippen LogP contribution in [0.2, 0.25) is 0 Å². The average Bonchev–Trinajstić information content (AvgIpc) is 3.16. The summed E-state index contributed by atoms with van der Waals surface area (Å²) in [6, 6.07) is 4.05. The number of nitrogens with zero attached hydrogens (tertiary/aromatic N) is 2. The van der Waals surface area contributed by atoms with Crippen LogP contribution in [-0.2, 0) is 4.79 Å². The lowest BCUT2D eigenvalue weighted by molar-refractivity contribution is -0.133. The molecule has 7 heteroatoms. The molecule has 3 rings (SSSR count). The van der Waals surface area contributed by atoms with E-state index in [-0.39, 0.29) is 30.3 Å². The molecule has 2 amide bonds. The van der Waals surface area contributed by atoms with Crippen LogP contribution in [-0.4, -0.2) is 53.8 Å². The van der Waals surface area contributed by atoms with Crippen LogP contribution in [0.25, 0.3) is 0 Å². The Kier molecular flexibility index (Phi) is 6.66. The minimum atomic E-state index is 0. The number of carbonyl (C=O) groups excluding carboxylic acids is 2. The van der Waals surface area contributed by atoms with Gasteiger partial charge in [-0.2, -0.15) is 0 Å². The molecule has 1 aliphatic carbocycles. The number of carbonyl (C=O) groups is 2. The highest BCUT2D eigenvalue weighted by Crippen LogP contribution is 2.27. The Morgan fingerprint density at radius 1 is 1.17 bits per heavy atom. The number of hydrogen-bond donors (Lipinski definition) is 1. The second-order valence-corrected chi connectivity index (χ2v) is 7.93. The van der Waals surface area contributed by atoms with Gasteiger partial charge in [-0.1, -0.05) is 6.42 Å². The van der Waals surface area contributed by atoms with Gasteiger partial charge in [-0.3, -0.25) is 9.59 Å². The highest BCUT2D eigenvalue weighted by atomic mass is 35.5. The number of nitrogens with two attached hydrogens (primary N) is 1. The molecule has 1 aromatic heterocycles. The zero-order chi connectivity index (χ0) is 16.4. The Balaban J connectivity index is 0.00000208. The monoisotopic (exact) mass is 371 g/mol. The van der Waals surface area contributed by atoms with Crippen molar-refractivity contribution < 1.29 is 9.59 Å². The molecule has 24 heavy (non-hydrogen) atoms. The normalized spacial score (nSPS) is 23.9. The van der Waals surface area contributed by atoms with Gasteiger partial charge in [-0.05, 0) is 37.8 Å². The third-order valence-electron chi connectivity index (χ3n) is 5.03. The van der Waals surface area contributed by atoms with E-state index in [1.165, 1.54) is 11.3 Å². The molecule has 2 N–H and O–H groups in total. The van der Waals surface area contributed by atoms with Gasteiger partial charge in [0.05, 0.1) is 4.88 Å². The van der Waals surface area contributed by atoms with E-state index in [1.54, 1.807) is 0 Å². The molecule has 0 aromatic carbocycles. The quantitative estimate of drug-likeness (QED) is 0.886. The molecule has 1 saturated heterocycles. The van der Waals surface area contributed by atoms with Crippen LogP contribution in [0.15, 0.2) is 12.1 Å². The molecule has 0 radical (unpaired) electrons. The molecule has 2 fully saturated rings. The summed E-state index contributed by atoms with van der Waals surface area (Å²) in [5, 5.41) is 0. The van der Waals surface area contributed by atoms with Crippen molar-refractivity contribution in [1.82, 2.24) is 9.80 Å². The standard InChI is InChI=1S/C17H25N3O2S.ClH/c1-12-5-6-15(23-12)17(22)20-9-7-19(8-10-20)16(21)11-13-3-2-4-14(13)18;/h5-6,13-14H,2-4,7-11,18H2,1H3;1H/t13-,14+;/m0./s1. The largest absolute Gasteiger partial charge is 0.339 e. The molecule has 1 aliphatic heterocycles. The summed E-state index contributed by atoms with van der Waals surface area (Å²) < 4.78 is 0. The van der Waals surface area contributed by atoms with Crippen molar-refractivity contribution in [3.05, 3.63) is 21.9 Å². The van der Waals surface area contributed by atoms with Gasteiger partial charge in [-0.25, -0.2) is 0 Å². The number of rotatable bonds is 3. The van der Waals surface area contributed by atoms with Crippen molar-refractivity contribution in [2.45, 2.75) is 38.6 Å². The molecule has 1 aromatic rings. The zero-order valence-corrected chi connectivity index (χ0v) is 15.7. The minimum Gasteiger partial charge on any atom is -0.339 e. The lowest BCUT2D eigenvalue weighted by Crippen LogP contribution is -2.51. The summed E-state index contributed by atoms with van der Waals surface area (Å²) in [5.74, 6) is 0.635. The van der Waals surface area contributed by atoms with Gasteiger partial charge in [0, 0.05) is 43.5 Å². The molecule has 0 spiro atoms. The second-order valence-electron chi connectivity index (χ2n) is 6.64. The molecule has 2 heterocycles. The highest BCUT2D eigenvalue weighted by molar-refractivity contribution is 7.13. The van der Waals surface area contributed by atoms with Crippen LogP contribution in [0.1, 0.15) is 40.2 Å². The molecule has 0 bridgehead atoms. The van der Waals surface area contributed by atoms with E-state index < -0.39 is 0 Å². The van der Waals surface area contributed by atoms with E-state index in [4.69, 9.17) is 5.73 Å². The Morgan fingerprint density at radius 2 is 1.83 bits per heavy atom. The molecule has 134 valence electrons. The third kappa shape index (κ3) is 4.29. The zero-order valence-electron chi connectivity index (χ0n) is 14.1. The van der Waals surface area contributed by atoms with Crippen LogP contribution in [0.3, 0.4) is 0 Å². The fraction of sp³-hybridized carbons (Fsp3) is 0.647. The van der Waals surface area contributed by atoms with Gasteiger partial charge in [0.15, 0.2) is 0 Å². The maximum absolute atomic E-state index is 12.4. The highest BCUT2D eigenvalue weighted by Gasteiger charge is 2.30. The Hall–Kier alpha value is -1.11. The van der Waals surface area contributed by atoms with E-state index >= 15 is 0 Å². The molecule has 1 saturated carbocycles. The van der Waals surface area contributed by atoms with Crippen molar-refractivity contribution in [3.63, 3.8) is 0 Å². The van der Waals surface area contributed by atoms with Crippen molar-refractivity contribution in [3.8, 4) is 0 Å². The Bertz CT molecular complexity index is 584. The van der Waals surface area contributed by atoms with Crippen LogP contribution in [0.4, 0.5) is 0 Å².